The van der Waals surface area contributed by atoms with Crippen LogP contribution in [-0.2, 0) is 16.0 Å². The highest BCUT2D eigenvalue weighted by Crippen LogP contribution is 2.27. The molecule has 0 radical (unpaired) electrons. The molecule has 0 fully saturated rings. The average molecular weight is 346 g/mol. The van der Waals surface area contributed by atoms with E-state index < -0.39 is 17.7 Å². The normalized spacial score (nSPS) is 20.3. The van der Waals surface area contributed by atoms with Gasteiger partial charge in [0.05, 0.1) is 12.1 Å². The SMILES string of the molecule is CC(C)CCN[C@H]1C(=O)[C@H](NC(=O)OC(C)(C)C)Cc2ccccc21. The molecule has 1 aromatic rings. The molecule has 0 saturated carbocycles. The van der Waals surface area contributed by atoms with E-state index in [1.165, 1.54) is 0 Å². The Bertz CT molecular complexity index is 620. The van der Waals surface area contributed by atoms with Crippen LogP contribution in [0.4, 0.5) is 4.79 Å². The van der Waals surface area contributed by atoms with E-state index in [4.69, 9.17) is 4.74 Å². The number of carbonyl (C=O) groups excluding carboxylic acids is 2. The standard InChI is InChI=1S/C20H30N2O3/c1-13(2)10-11-21-17-15-9-7-6-8-14(15)12-16(18(17)23)22-19(24)25-20(3,4)5/h6-9,13,16-17,21H,10-12H2,1-5H3,(H,22,24)/t16-,17-/m1/s1. The number of alkyl carbamates (subject to hydrolysis) is 1. The van der Waals surface area contributed by atoms with Gasteiger partial charge in [-0.2, -0.15) is 0 Å². The third kappa shape index (κ3) is 5.56. The molecule has 2 N–H and O–H groups in total. The number of hydrogen-bond donors (Lipinski definition) is 2. The quantitative estimate of drug-likeness (QED) is 0.858. The van der Waals surface area contributed by atoms with Crippen LogP contribution in [0.3, 0.4) is 0 Å². The van der Waals surface area contributed by atoms with Crippen LogP contribution in [0.1, 0.15) is 58.2 Å². The fraction of sp³-hybridized carbons (Fsp3) is 0.600. The minimum Gasteiger partial charge on any atom is -0.444 e. The number of nitrogens with one attached hydrogen (secondary N) is 2. The maximum absolute atomic E-state index is 12.9. The van der Waals surface area contributed by atoms with E-state index in [9.17, 15) is 9.59 Å². The monoisotopic (exact) mass is 346 g/mol. The van der Waals surface area contributed by atoms with Gasteiger partial charge in [0.15, 0.2) is 5.78 Å². The van der Waals surface area contributed by atoms with E-state index in [1.54, 1.807) is 20.8 Å². The minimum absolute atomic E-state index is 0.00619. The second kappa shape index (κ2) is 8.00. The molecule has 25 heavy (non-hydrogen) atoms. The summed E-state index contributed by atoms with van der Waals surface area (Å²) in [5.74, 6) is 0.561. The molecule has 0 bridgehead atoms. The summed E-state index contributed by atoms with van der Waals surface area (Å²) in [5.41, 5.74) is 1.51. The zero-order valence-corrected chi connectivity index (χ0v) is 15.9. The molecule has 1 aliphatic rings. The molecule has 2 rings (SSSR count). The van der Waals surface area contributed by atoms with Crippen LogP contribution in [0, 0.1) is 5.92 Å². The van der Waals surface area contributed by atoms with Crippen molar-refractivity contribution in [2.45, 2.75) is 65.1 Å². The lowest BCUT2D eigenvalue weighted by Gasteiger charge is -2.32. The van der Waals surface area contributed by atoms with Crippen molar-refractivity contribution in [2.75, 3.05) is 6.54 Å². The number of ketones is 1. The molecule has 138 valence electrons. The van der Waals surface area contributed by atoms with Gasteiger partial charge in [-0.25, -0.2) is 4.79 Å². The highest BCUT2D eigenvalue weighted by molar-refractivity contribution is 5.94. The number of fused-ring (bicyclic) bond motifs is 1. The molecule has 5 heteroatoms. The van der Waals surface area contributed by atoms with Crippen LogP contribution in [0.5, 0.6) is 0 Å². The highest BCUT2D eigenvalue weighted by Gasteiger charge is 2.36. The molecule has 2 atom stereocenters. The van der Waals surface area contributed by atoms with Crippen LogP contribution in [-0.4, -0.2) is 30.1 Å². The van der Waals surface area contributed by atoms with Crippen LogP contribution >= 0.6 is 0 Å². The van der Waals surface area contributed by atoms with Gasteiger partial charge in [0, 0.05) is 6.42 Å². The van der Waals surface area contributed by atoms with Crippen molar-refractivity contribution >= 4 is 11.9 Å². The van der Waals surface area contributed by atoms with Gasteiger partial charge in [-0.1, -0.05) is 38.1 Å². The Morgan fingerprint density at radius 2 is 1.96 bits per heavy atom. The Balaban J connectivity index is 2.13. The number of carbonyl (C=O) groups is 2. The molecule has 1 aromatic carbocycles. The topological polar surface area (TPSA) is 67.4 Å². The molecular formula is C20H30N2O3. The van der Waals surface area contributed by atoms with Gasteiger partial charge in [-0.3, -0.25) is 4.79 Å². The molecule has 0 aromatic heterocycles. The van der Waals surface area contributed by atoms with Gasteiger partial charge in [-0.15, -0.1) is 0 Å². The number of Topliss-reactive ketones (excluding diaryl/α,β-unsaturated/α-hetero) is 1. The summed E-state index contributed by atoms with van der Waals surface area (Å²) in [4.78, 5) is 25.0. The Kier molecular flexibility index (Phi) is 6.22. The first-order valence-corrected chi connectivity index (χ1v) is 9.02. The van der Waals surface area contributed by atoms with Crippen molar-refractivity contribution < 1.29 is 14.3 Å². The summed E-state index contributed by atoms with van der Waals surface area (Å²) >= 11 is 0. The van der Waals surface area contributed by atoms with Crippen molar-refractivity contribution in [3.05, 3.63) is 35.4 Å². The van der Waals surface area contributed by atoms with E-state index in [0.717, 1.165) is 24.1 Å². The lowest BCUT2D eigenvalue weighted by molar-refractivity contribution is -0.123. The number of amides is 1. The van der Waals surface area contributed by atoms with Gasteiger partial charge >= 0.3 is 6.09 Å². The van der Waals surface area contributed by atoms with E-state index in [0.29, 0.717) is 12.3 Å². The first kappa shape index (κ1) is 19.4. The maximum atomic E-state index is 12.9. The van der Waals surface area contributed by atoms with Gasteiger partial charge in [0.2, 0.25) is 0 Å². The third-order valence-corrected chi connectivity index (χ3v) is 4.18. The lowest BCUT2D eigenvalue weighted by Crippen LogP contribution is -2.51. The van der Waals surface area contributed by atoms with E-state index >= 15 is 0 Å². The number of ether oxygens (including phenoxy) is 1. The largest absolute Gasteiger partial charge is 0.444 e. The van der Waals surface area contributed by atoms with Gasteiger partial charge < -0.3 is 15.4 Å². The molecule has 0 unspecified atom stereocenters. The summed E-state index contributed by atoms with van der Waals surface area (Å²) in [6.07, 6.45) is 0.943. The van der Waals surface area contributed by atoms with Crippen LogP contribution < -0.4 is 10.6 Å². The van der Waals surface area contributed by atoms with Crippen molar-refractivity contribution in [2.24, 2.45) is 5.92 Å². The van der Waals surface area contributed by atoms with E-state index in [1.807, 2.05) is 24.3 Å². The van der Waals surface area contributed by atoms with Crippen LogP contribution in [0.15, 0.2) is 24.3 Å². The highest BCUT2D eigenvalue weighted by atomic mass is 16.6. The summed E-state index contributed by atoms with van der Waals surface area (Å²) in [5, 5.41) is 6.11. The van der Waals surface area contributed by atoms with Gasteiger partial charge in [-0.05, 0) is 50.8 Å². The summed E-state index contributed by atoms with van der Waals surface area (Å²) in [6.45, 7) is 10.5. The molecule has 0 spiro atoms. The zero-order valence-electron chi connectivity index (χ0n) is 15.9. The number of rotatable bonds is 5. The number of hydrogen-bond acceptors (Lipinski definition) is 4. The molecule has 1 aliphatic carbocycles. The van der Waals surface area contributed by atoms with E-state index in [2.05, 4.69) is 24.5 Å². The Morgan fingerprint density at radius 1 is 1.28 bits per heavy atom. The molecule has 5 nitrogen and oxygen atoms in total. The minimum atomic E-state index is -0.589. The first-order chi connectivity index (χ1) is 11.7. The maximum Gasteiger partial charge on any atom is 0.408 e. The van der Waals surface area contributed by atoms with E-state index in [-0.39, 0.29) is 11.8 Å². The van der Waals surface area contributed by atoms with Crippen molar-refractivity contribution in [3.63, 3.8) is 0 Å². The molecule has 1 amide bonds. The molecular weight excluding hydrogens is 316 g/mol. The predicted octanol–water partition coefficient (Wildman–Crippen LogP) is 3.38. The number of benzene rings is 1. The molecule has 0 heterocycles. The predicted molar refractivity (Wildman–Crippen MR) is 98.5 cm³/mol. The average Bonchev–Trinajstić information content (AvgIpc) is 2.48. The van der Waals surface area contributed by atoms with Crippen molar-refractivity contribution in [1.29, 1.82) is 0 Å². The second-order valence-corrected chi connectivity index (χ2v) is 8.07. The zero-order chi connectivity index (χ0) is 18.6. The first-order valence-electron chi connectivity index (χ1n) is 9.02. The van der Waals surface area contributed by atoms with Crippen molar-refractivity contribution in [3.8, 4) is 0 Å². The van der Waals surface area contributed by atoms with Gasteiger partial charge in [0.1, 0.15) is 5.60 Å². The smallest absolute Gasteiger partial charge is 0.408 e. The molecule has 0 saturated heterocycles. The summed E-state index contributed by atoms with van der Waals surface area (Å²) < 4.78 is 5.30. The summed E-state index contributed by atoms with van der Waals surface area (Å²) in [7, 11) is 0. The Labute approximate surface area is 150 Å². The Hall–Kier alpha value is -1.88. The lowest BCUT2D eigenvalue weighted by atomic mass is 9.83. The van der Waals surface area contributed by atoms with Gasteiger partial charge in [0.25, 0.3) is 0 Å². The summed E-state index contributed by atoms with van der Waals surface area (Å²) in [6, 6.07) is 6.96. The fourth-order valence-corrected chi connectivity index (χ4v) is 2.98. The van der Waals surface area contributed by atoms with Crippen LogP contribution in [0.25, 0.3) is 0 Å². The van der Waals surface area contributed by atoms with Crippen molar-refractivity contribution in [1.82, 2.24) is 10.6 Å². The van der Waals surface area contributed by atoms with Crippen LogP contribution in [0.2, 0.25) is 0 Å². The fourth-order valence-electron chi connectivity index (χ4n) is 2.98. The second-order valence-electron chi connectivity index (χ2n) is 8.07. The molecule has 0 aliphatic heterocycles. The Morgan fingerprint density at radius 3 is 2.60 bits per heavy atom. The third-order valence-electron chi connectivity index (χ3n) is 4.18.